The van der Waals surface area contributed by atoms with Crippen molar-refractivity contribution in [1.82, 2.24) is 0 Å². The van der Waals surface area contributed by atoms with E-state index in [0.717, 1.165) is 61.6 Å². The van der Waals surface area contributed by atoms with Crippen LogP contribution >= 0.6 is 15.9 Å². The Morgan fingerprint density at radius 1 is 1.12 bits per heavy atom. The van der Waals surface area contributed by atoms with Gasteiger partial charge in [0.1, 0.15) is 0 Å². The van der Waals surface area contributed by atoms with Crippen LogP contribution in [0.1, 0.15) is 71.6 Å². The molecule has 4 bridgehead atoms. The molecule has 0 heterocycles. The first kappa shape index (κ1) is 20.7. The summed E-state index contributed by atoms with van der Waals surface area (Å²) in [6.45, 7) is 4.57. The number of hydrogen-bond donors (Lipinski definition) is 1. The number of hydrogen-bond acceptors (Lipinski definition) is 3. The Balaban J connectivity index is 0.000000182. The Bertz CT molecular complexity index is 427. The van der Waals surface area contributed by atoms with Crippen molar-refractivity contribution < 1.29 is 19.4 Å². The van der Waals surface area contributed by atoms with Gasteiger partial charge in [0, 0.05) is 5.33 Å². The van der Waals surface area contributed by atoms with E-state index >= 15 is 0 Å². The number of carbonyl (C=O) groups excluding carboxylic acids is 1. The molecule has 0 spiro atoms. The molecule has 4 fully saturated rings. The second kappa shape index (κ2) is 9.38. The Labute approximate surface area is 160 Å². The van der Waals surface area contributed by atoms with Crippen LogP contribution in [0.4, 0.5) is 0 Å². The van der Waals surface area contributed by atoms with Crippen LogP contribution in [0.15, 0.2) is 0 Å². The van der Waals surface area contributed by atoms with Crippen LogP contribution in [-0.4, -0.2) is 29.0 Å². The van der Waals surface area contributed by atoms with E-state index in [9.17, 15) is 14.7 Å². The highest BCUT2D eigenvalue weighted by atomic mass is 79.9. The molecule has 4 aliphatic carbocycles. The van der Waals surface area contributed by atoms with Crippen molar-refractivity contribution in [2.45, 2.75) is 71.6 Å². The predicted octanol–water partition coefficient (Wildman–Crippen LogP) is 5.04. The van der Waals surface area contributed by atoms with E-state index in [1.165, 1.54) is 19.3 Å². The summed E-state index contributed by atoms with van der Waals surface area (Å²) in [7, 11) is 0. The van der Waals surface area contributed by atoms with Crippen LogP contribution in [0.3, 0.4) is 0 Å². The summed E-state index contributed by atoms with van der Waals surface area (Å²) in [4.78, 5) is 22.5. The molecule has 144 valence electrons. The summed E-state index contributed by atoms with van der Waals surface area (Å²) in [5.41, 5.74) is -0.283. The van der Waals surface area contributed by atoms with Gasteiger partial charge < -0.3 is 9.84 Å². The number of carbonyl (C=O) groups is 2. The highest BCUT2D eigenvalue weighted by molar-refractivity contribution is 9.09. The number of esters is 1. The normalized spacial score (nSPS) is 33.3. The van der Waals surface area contributed by atoms with Crippen molar-refractivity contribution in [1.29, 1.82) is 0 Å². The summed E-state index contributed by atoms with van der Waals surface area (Å²) < 4.78 is 5.04. The van der Waals surface area contributed by atoms with Crippen LogP contribution in [0.5, 0.6) is 0 Å². The number of halogens is 1. The van der Waals surface area contributed by atoms with Gasteiger partial charge >= 0.3 is 11.9 Å². The van der Waals surface area contributed by atoms with Crippen LogP contribution in [0.25, 0.3) is 0 Å². The molecule has 4 rings (SSSR count). The predicted molar refractivity (Wildman–Crippen MR) is 102 cm³/mol. The lowest BCUT2D eigenvalue weighted by Gasteiger charge is -2.54. The molecule has 1 N–H and O–H groups in total. The van der Waals surface area contributed by atoms with Gasteiger partial charge in [-0.1, -0.05) is 29.8 Å². The molecule has 0 aliphatic heterocycles. The van der Waals surface area contributed by atoms with E-state index in [-0.39, 0.29) is 17.3 Å². The molecule has 0 aromatic carbocycles. The highest BCUT2D eigenvalue weighted by Gasteiger charge is 2.54. The van der Waals surface area contributed by atoms with Gasteiger partial charge in [-0.25, -0.2) is 0 Å². The van der Waals surface area contributed by atoms with Crippen LogP contribution < -0.4 is 0 Å². The summed E-state index contributed by atoms with van der Waals surface area (Å²) in [6.07, 6.45) is 9.56. The van der Waals surface area contributed by atoms with E-state index in [1.807, 2.05) is 13.8 Å². The van der Waals surface area contributed by atoms with Gasteiger partial charge in [0.25, 0.3) is 0 Å². The zero-order valence-corrected chi connectivity index (χ0v) is 17.2. The Morgan fingerprint density at radius 2 is 1.64 bits per heavy atom. The lowest BCUT2D eigenvalue weighted by Crippen LogP contribution is -2.49. The summed E-state index contributed by atoms with van der Waals surface area (Å²) in [6, 6.07) is 0. The number of carboxylic acids is 1. The Hall–Kier alpha value is -0.580. The third kappa shape index (κ3) is 5.21. The van der Waals surface area contributed by atoms with E-state index < -0.39 is 5.97 Å². The summed E-state index contributed by atoms with van der Waals surface area (Å²) in [5.74, 6) is 1.79. The lowest BCUT2D eigenvalue weighted by molar-refractivity contribution is -0.164. The third-order valence-electron chi connectivity index (χ3n) is 6.22. The first-order valence-electron chi connectivity index (χ1n) is 9.90. The number of ether oxygens (including phenoxy) is 1. The second-order valence-electron chi connectivity index (χ2n) is 8.25. The fraction of sp³-hybridized carbons (Fsp3) is 0.900. The van der Waals surface area contributed by atoms with E-state index in [2.05, 4.69) is 15.9 Å². The maximum Gasteiger partial charge on any atom is 0.309 e. The number of rotatable bonds is 7. The molecule has 1 unspecified atom stereocenters. The molecule has 1 atom stereocenters. The third-order valence-corrected chi connectivity index (χ3v) is 6.68. The van der Waals surface area contributed by atoms with Gasteiger partial charge in [-0.15, -0.1) is 0 Å². The average Bonchev–Trinajstić information content (AvgIpc) is 2.57. The topological polar surface area (TPSA) is 63.6 Å². The van der Waals surface area contributed by atoms with Gasteiger partial charge in [-0.05, 0) is 75.5 Å². The van der Waals surface area contributed by atoms with Gasteiger partial charge in [0.15, 0.2) is 0 Å². The first-order chi connectivity index (χ1) is 11.9. The molecule has 4 saturated carbocycles. The molecule has 4 aliphatic rings. The van der Waals surface area contributed by atoms with Crippen LogP contribution in [0, 0.1) is 29.1 Å². The fourth-order valence-electron chi connectivity index (χ4n) is 5.31. The van der Waals surface area contributed by atoms with E-state index in [1.54, 1.807) is 0 Å². The molecule has 0 aromatic rings. The number of aliphatic carboxylic acids is 1. The Kier molecular flexibility index (Phi) is 7.78. The molecular formula is C20H33BrO4. The standard InChI is InChI=1S/C11H16O2.C9H17BrO2/c12-10(13)11-4-7-1-8(5-11)3-9(2-7)6-11;1-3-7-12-9(11)8(4-2)5-6-10/h7-9H,1-6H2,(H,12,13);8H,3-7H2,1-2H3. The van der Waals surface area contributed by atoms with Gasteiger partial charge in [-0.2, -0.15) is 0 Å². The van der Waals surface area contributed by atoms with Crippen molar-refractivity contribution in [3.05, 3.63) is 0 Å². The zero-order valence-electron chi connectivity index (χ0n) is 15.6. The molecule has 5 heteroatoms. The van der Waals surface area contributed by atoms with Crippen molar-refractivity contribution in [3.63, 3.8) is 0 Å². The molecular weight excluding hydrogens is 384 g/mol. The van der Waals surface area contributed by atoms with E-state index in [4.69, 9.17) is 4.74 Å². The highest BCUT2D eigenvalue weighted by Crippen LogP contribution is 2.59. The molecule has 25 heavy (non-hydrogen) atoms. The molecule has 0 radical (unpaired) electrons. The molecule has 0 aromatic heterocycles. The van der Waals surface area contributed by atoms with Crippen molar-refractivity contribution in [2.24, 2.45) is 29.1 Å². The zero-order chi connectivity index (χ0) is 18.4. The fourth-order valence-corrected chi connectivity index (χ4v) is 5.87. The number of carboxylic acid groups (broad SMARTS) is 1. The largest absolute Gasteiger partial charge is 0.481 e. The maximum atomic E-state index is 11.3. The molecule has 4 nitrogen and oxygen atoms in total. The van der Waals surface area contributed by atoms with Gasteiger partial charge in [0.05, 0.1) is 17.9 Å². The monoisotopic (exact) mass is 416 g/mol. The quantitative estimate of drug-likeness (QED) is 0.466. The van der Waals surface area contributed by atoms with Gasteiger partial charge in [0.2, 0.25) is 0 Å². The minimum absolute atomic E-state index is 0.0428. The summed E-state index contributed by atoms with van der Waals surface area (Å²) in [5, 5.41) is 10.1. The minimum atomic E-state index is -0.508. The van der Waals surface area contributed by atoms with E-state index in [0.29, 0.717) is 6.61 Å². The van der Waals surface area contributed by atoms with Gasteiger partial charge in [-0.3, -0.25) is 9.59 Å². The SMILES string of the molecule is CCCOC(=O)C(CC)CCBr.O=C(O)C12CC3CC(CC(C3)C1)C2. The van der Waals surface area contributed by atoms with Crippen molar-refractivity contribution in [2.75, 3.05) is 11.9 Å². The molecule has 0 saturated heterocycles. The van der Waals surface area contributed by atoms with Crippen LogP contribution in [0.2, 0.25) is 0 Å². The Morgan fingerprint density at radius 3 is 2.00 bits per heavy atom. The molecule has 0 amide bonds. The average molecular weight is 417 g/mol. The smallest absolute Gasteiger partial charge is 0.309 e. The van der Waals surface area contributed by atoms with Crippen LogP contribution in [-0.2, 0) is 14.3 Å². The first-order valence-corrected chi connectivity index (χ1v) is 11.0. The minimum Gasteiger partial charge on any atom is -0.481 e. The lowest BCUT2D eigenvalue weighted by atomic mass is 9.49. The van der Waals surface area contributed by atoms with Crippen molar-refractivity contribution >= 4 is 27.9 Å². The summed E-state index contributed by atoms with van der Waals surface area (Å²) >= 11 is 3.32. The van der Waals surface area contributed by atoms with Crippen molar-refractivity contribution in [3.8, 4) is 0 Å². The number of alkyl halides is 1. The second-order valence-corrected chi connectivity index (χ2v) is 9.05. The maximum absolute atomic E-state index is 11.3.